The van der Waals surface area contributed by atoms with Gasteiger partial charge in [0.25, 0.3) is 0 Å². The molecule has 1 aromatic carbocycles. The molecule has 0 spiro atoms. The SMILES string of the molecule is NCc1ccc[c]([K])c1. The third-order valence-electron chi connectivity index (χ3n) is 1.32. The van der Waals surface area contributed by atoms with E-state index in [-0.39, 0.29) is 0 Å². The molecule has 0 saturated heterocycles. The average molecular weight is 145 g/mol. The van der Waals surface area contributed by atoms with Crippen molar-refractivity contribution in [3.8, 4) is 0 Å². The Morgan fingerprint density at radius 3 is 2.67 bits per heavy atom. The van der Waals surface area contributed by atoms with Gasteiger partial charge in [-0.3, -0.25) is 0 Å². The molecule has 2 N–H and O–H groups in total. The van der Waals surface area contributed by atoms with Crippen molar-refractivity contribution in [3.05, 3.63) is 29.8 Å². The van der Waals surface area contributed by atoms with E-state index in [1.165, 1.54) is 5.22 Å². The monoisotopic (exact) mass is 145 g/mol. The minimum atomic E-state index is 0.671. The van der Waals surface area contributed by atoms with Crippen LogP contribution in [0.5, 0.6) is 0 Å². The predicted octanol–water partition coefficient (Wildman–Crippen LogP) is -0.0609. The van der Waals surface area contributed by atoms with Crippen molar-refractivity contribution < 1.29 is 0 Å². The summed E-state index contributed by atoms with van der Waals surface area (Å²) in [4.78, 5) is 0. The Labute approximate surface area is 89.2 Å². The molecule has 0 heterocycles. The first-order valence-corrected chi connectivity index (χ1v) is 4.64. The van der Waals surface area contributed by atoms with E-state index in [2.05, 4.69) is 24.3 Å². The molecule has 0 amide bonds. The van der Waals surface area contributed by atoms with Crippen LogP contribution in [0.1, 0.15) is 5.56 Å². The standard InChI is InChI=1S/C7H8N.K/c8-6-7-4-2-1-3-5-7;/h1-2,4-5H,6,8H2;. The molecular weight excluding hydrogens is 137 g/mol. The summed E-state index contributed by atoms with van der Waals surface area (Å²) in [6, 6.07) is 8.47. The molecule has 0 aromatic heterocycles. The van der Waals surface area contributed by atoms with Gasteiger partial charge in [-0.05, 0) is 0 Å². The van der Waals surface area contributed by atoms with Crippen molar-refractivity contribution >= 4 is 48.6 Å². The molecule has 0 aliphatic carbocycles. The fourth-order valence-electron chi connectivity index (χ4n) is 0.839. The second kappa shape index (κ2) is 3.86. The Morgan fingerprint density at radius 2 is 2.22 bits per heavy atom. The first-order chi connectivity index (χ1) is 4.33. The Bertz CT molecular complexity index is 198. The first kappa shape index (κ1) is 7.92. The number of nitrogens with two attached hydrogens (primary N) is 1. The fraction of sp³-hybridized carbons (Fsp3) is 0.143. The molecule has 1 aromatic rings. The van der Waals surface area contributed by atoms with Crippen LogP contribution in [0.15, 0.2) is 24.3 Å². The van der Waals surface area contributed by atoms with Crippen molar-refractivity contribution in [2.24, 2.45) is 5.73 Å². The summed E-state index contributed by atoms with van der Waals surface area (Å²) in [5.74, 6) is 0. The number of rotatable bonds is 1. The van der Waals surface area contributed by atoms with Gasteiger partial charge in [0.2, 0.25) is 0 Å². The number of hydrogen-bond donors (Lipinski definition) is 1. The van der Waals surface area contributed by atoms with Crippen LogP contribution in [0.25, 0.3) is 0 Å². The van der Waals surface area contributed by atoms with E-state index in [0.717, 1.165) is 49.0 Å². The van der Waals surface area contributed by atoms with Crippen LogP contribution in [-0.4, -0.2) is 49.0 Å². The molecule has 0 aliphatic heterocycles. The molecule has 0 saturated carbocycles. The zero-order valence-corrected chi connectivity index (χ0v) is 8.72. The van der Waals surface area contributed by atoms with Gasteiger partial charge >= 0.3 is 90.7 Å². The van der Waals surface area contributed by atoms with E-state index >= 15 is 0 Å². The maximum absolute atomic E-state index is 5.44. The third kappa shape index (κ3) is 2.49. The maximum atomic E-state index is 5.44. The predicted molar refractivity (Wildman–Crippen MR) is 39.7 cm³/mol. The van der Waals surface area contributed by atoms with Crippen LogP contribution in [-0.2, 0) is 6.54 Å². The van der Waals surface area contributed by atoms with E-state index in [1.807, 2.05) is 0 Å². The van der Waals surface area contributed by atoms with E-state index in [9.17, 15) is 0 Å². The molecule has 0 atom stereocenters. The molecular formula is C7H8KN. The van der Waals surface area contributed by atoms with Crippen molar-refractivity contribution in [1.82, 2.24) is 0 Å². The number of hydrogen-bond acceptors (Lipinski definition) is 1. The molecule has 0 fully saturated rings. The fourth-order valence-corrected chi connectivity index (χ4v) is 1.72. The Hall–Kier alpha value is 0.816. The van der Waals surface area contributed by atoms with E-state index in [1.54, 1.807) is 0 Å². The van der Waals surface area contributed by atoms with Crippen molar-refractivity contribution in [1.29, 1.82) is 0 Å². The molecule has 0 unspecified atom stereocenters. The van der Waals surface area contributed by atoms with E-state index in [0.29, 0.717) is 6.54 Å². The quantitative estimate of drug-likeness (QED) is 0.550. The van der Waals surface area contributed by atoms with E-state index in [4.69, 9.17) is 5.73 Å². The van der Waals surface area contributed by atoms with Crippen molar-refractivity contribution in [3.63, 3.8) is 0 Å². The average Bonchev–Trinajstić information content (AvgIpc) is 1.88. The second-order valence-corrected chi connectivity index (χ2v) is 4.00. The van der Waals surface area contributed by atoms with Gasteiger partial charge in [-0.15, -0.1) is 0 Å². The van der Waals surface area contributed by atoms with Crippen LogP contribution < -0.4 is 5.39 Å². The van der Waals surface area contributed by atoms with Gasteiger partial charge in [0.05, 0.1) is 0 Å². The Kier molecular flexibility index (Phi) is 3.39. The van der Waals surface area contributed by atoms with Crippen LogP contribution >= 0.6 is 0 Å². The van der Waals surface area contributed by atoms with Gasteiger partial charge in [-0.1, -0.05) is 0 Å². The van der Waals surface area contributed by atoms with Gasteiger partial charge in [0.1, 0.15) is 0 Å². The minimum absolute atomic E-state index is 0.671. The van der Waals surface area contributed by atoms with Crippen LogP contribution in [0.3, 0.4) is 0 Å². The summed E-state index contributed by atoms with van der Waals surface area (Å²) >= 11 is 0.790. The molecule has 1 nitrogen and oxygen atoms in total. The Balaban J connectivity index is 2.94. The molecule has 0 bridgehead atoms. The summed E-state index contributed by atoms with van der Waals surface area (Å²) in [5.41, 5.74) is 6.69. The zero-order chi connectivity index (χ0) is 6.69. The molecule has 2 heteroatoms. The van der Waals surface area contributed by atoms with Crippen LogP contribution in [0, 0.1) is 0 Å². The molecule has 0 radical (unpaired) electrons. The van der Waals surface area contributed by atoms with E-state index < -0.39 is 0 Å². The third-order valence-corrected chi connectivity index (χ3v) is 2.29. The zero-order valence-electron chi connectivity index (χ0n) is 5.59. The second-order valence-electron chi connectivity index (χ2n) is 2.19. The van der Waals surface area contributed by atoms with Gasteiger partial charge < -0.3 is 0 Å². The van der Waals surface area contributed by atoms with Gasteiger partial charge in [0, 0.05) is 0 Å². The van der Waals surface area contributed by atoms with Crippen LogP contribution in [0.4, 0.5) is 0 Å². The topological polar surface area (TPSA) is 26.0 Å². The van der Waals surface area contributed by atoms with Crippen LogP contribution in [0.2, 0.25) is 0 Å². The summed E-state index contributed by atoms with van der Waals surface area (Å²) in [5, 5.41) is 0. The first-order valence-electron chi connectivity index (χ1n) is 3.08. The number of benzene rings is 1. The molecule has 0 aliphatic rings. The van der Waals surface area contributed by atoms with Crippen molar-refractivity contribution in [2.45, 2.75) is 6.54 Å². The summed E-state index contributed by atoms with van der Waals surface area (Å²) in [6.07, 6.45) is 0. The molecule has 9 heavy (non-hydrogen) atoms. The van der Waals surface area contributed by atoms with Gasteiger partial charge in [0.15, 0.2) is 0 Å². The molecule has 42 valence electrons. The Morgan fingerprint density at radius 1 is 1.44 bits per heavy atom. The summed E-state index contributed by atoms with van der Waals surface area (Å²) in [7, 11) is 0. The summed E-state index contributed by atoms with van der Waals surface area (Å²) in [6.45, 7) is 0.671. The van der Waals surface area contributed by atoms with Gasteiger partial charge in [-0.25, -0.2) is 0 Å². The van der Waals surface area contributed by atoms with Gasteiger partial charge in [-0.2, -0.15) is 0 Å². The normalized spacial score (nSPS) is 9.67. The van der Waals surface area contributed by atoms with Crippen molar-refractivity contribution in [2.75, 3.05) is 0 Å². The molecule has 1 rings (SSSR count). The summed E-state index contributed by atoms with van der Waals surface area (Å²) < 4.78 is 1.46.